The minimum absolute atomic E-state index is 0.0464. The minimum Gasteiger partial charge on any atom is -0.493 e. The van der Waals surface area contributed by atoms with E-state index in [1.807, 2.05) is 30.8 Å². The molecule has 5 aliphatic heterocycles. The molecule has 0 spiro atoms. The summed E-state index contributed by atoms with van der Waals surface area (Å²) >= 11 is 0. The number of hydrogen-bond acceptors (Lipinski definition) is 13. The normalized spacial score (nSPS) is 21.0. The second-order valence-electron chi connectivity index (χ2n) is 18.5. The van der Waals surface area contributed by atoms with Gasteiger partial charge in [0, 0.05) is 95.2 Å². The number of aromatic nitrogens is 2. The van der Waals surface area contributed by atoms with Crippen molar-refractivity contribution >= 4 is 45.9 Å². The van der Waals surface area contributed by atoms with Crippen LogP contribution in [0.5, 0.6) is 11.5 Å². The highest BCUT2D eigenvalue weighted by molar-refractivity contribution is 6.24. The number of benzene rings is 3. The van der Waals surface area contributed by atoms with Gasteiger partial charge in [0.25, 0.3) is 11.8 Å². The number of anilines is 2. The molecule has 16 heteroatoms. The fourth-order valence-corrected chi connectivity index (χ4v) is 10.8. The van der Waals surface area contributed by atoms with Crippen LogP contribution in [-0.4, -0.2) is 145 Å². The monoisotopic (exact) mass is 898 g/mol. The van der Waals surface area contributed by atoms with Crippen molar-refractivity contribution in [1.29, 1.82) is 5.26 Å². The van der Waals surface area contributed by atoms with E-state index in [0.29, 0.717) is 59.2 Å². The van der Waals surface area contributed by atoms with Crippen molar-refractivity contribution in [2.75, 3.05) is 95.9 Å². The van der Waals surface area contributed by atoms with E-state index in [0.717, 1.165) is 101 Å². The third-order valence-electron chi connectivity index (χ3n) is 14.5. The van der Waals surface area contributed by atoms with Crippen LogP contribution in [0.4, 0.5) is 11.4 Å². The maximum absolute atomic E-state index is 14.1. The van der Waals surface area contributed by atoms with Gasteiger partial charge in [-0.2, -0.15) is 10.4 Å². The summed E-state index contributed by atoms with van der Waals surface area (Å²) in [6, 6.07) is 18.7. The van der Waals surface area contributed by atoms with Gasteiger partial charge in [0.05, 0.1) is 60.5 Å². The maximum Gasteiger partial charge on any atom is 0.264 e. The molecule has 2 N–H and O–H groups in total. The predicted molar refractivity (Wildman–Crippen MR) is 251 cm³/mol. The number of ether oxygens (including phenoxy) is 2. The zero-order valence-corrected chi connectivity index (χ0v) is 38.5. The van der Waals surface area contributed by atoms with Crippen LogP contribution in [0.1, 0.15) is 95.8 Å². The smallest absolute Gasteiger partial charge is 0.264 e. The summed E-state index contributed by atoms with van der Waals surface area (Å²) in [5, 5.41) is 21.6. The lowest BCUT2D eigenvalue weighted by atomic mass is 9.93. The number of carbonyl (C=O) groups is 4. The van der Waals surface area contributed by atoms with E-state index in [9.17, 15) is 24.4 Å². The van der Waals surface area contributed by atoms with Gasteiger partial charge in [-0.25, -0.2) is 0 Å². The first-order valence-corrected chi connectivity index (χ1v) is 23.8. The maximum atomic E-state index is 14.1. The molecular formula is C50H62N10O6. The highest BCUT2D eigenvalue weighted by Gasteiger charge is 2.43. The molecule has 0 radical (unpaired) electrons. The number of piperazine rings is 1. The molecule has 4 amide bonds. The van der Waals surface area contributed by atoms with Crippen LogP contribution in [0, 0.1) is 17.2 Å². The van der Waals surface area contributed by atoms with Crippen LogP contribution in [0.2, 0.25) is 0 Å². The van der Waals surface area contributed by atoms with Gasteiger partial charge in [-0.1, -0.05) is 12.1 Å². The lowest BCUT2D eigenvalue weighted by Gasteiger charge is -2.39. The Morgan fingerprint density at radius 2 is 1.59 bits per heavy atom. The molecule has 4 saturated heterocycles. The fourth-order valence-electron chi connectivity index (χ4n) is 10.8. The molecule has 3 aromatic carbocycles. The second-order valence-corrected chi connectivity index (χ2v) is 18.5. The molecule has 348 valence electrons. The second kappa shape index (κ2) is 19.8. The number of likely N-dealkylation sites (tertiary alicyclic amines) is 2. The summed E-state index contributed by atoms with van der Waals surface area (Å²) in [7, 11) is 3.48. The molecule has 66 heavy (non-hydrogen) atoms. The van der Waals surface area contributed by atoms with Crippen LogP contribution >= 0.6 is 0 Å². The quantitative estimate of drug-likeness (QED) is 0.150. The van der Waals surface area contributed by atoms with Crippen molar-refractivity contribution in [1.82, 2.24) is 34.7 Å². The van der Waals surface area contributed by atoms with Crippen LogP contribution in [0.3, 0.4) is 0 Å². The molecular weight excluding hydrogens is 837 g/mol. The molecule has 4 fully saturated rings. The molecule has 1 aromatic heterocycles. The lowest BCUT2D eigenvalue weighted by Crippen LogP contribution is -2.49. The van der Waals surface area contributed by atoms with Crippen molar-refractivity contribution in [2.45, 2.75) is 69.9 Å². The Morgan fingerprint density at radius 1 is 0.848 bits per heavy atom. The summed E-state index contributed by atoms with van der Waals surface area (Å²) < 4.78 is 13.1. The first kappa shape index (κ1) is 45.1. The standard InChI is InChI=1S/C50H62N10O6/c1-4-66-44-30-34(8-12-43(44)65-3)41(14-19-51)60-49(63)38-6-5-7-40(46(38)50(60)64)52-35-17-22-58(23-18-35)32-33-15-20-56(21-16-33)24-25-57-26-28-59(29-27-57)36-9-10-37-42(31-36)55(2)54-47(37)39-11-13-45(61)53-48(39)62/h5-10,12,30-31,33,35,39,41,52H,4,11,13-18,20-29,32H2,1-3H3,(H,53,61,62)/t39?,41-/m1/s1. The summed E-state index contributed by atoms with van der Waals surface area (Å²) in [4.78, 5) is 63.8. The number of nitrogens with zero attached hydrogens (tertiary/aromatic N) is 8. The number of nitriles is 1. The third-order valence-corrected chi connectivity index (χ3v) is 14.5. The summed E-state index contributed by atoms with van der Waals surface area (Å²) in [6.07, 6.45) is 5.12. The SMILES string of the molecule is CCOc1cc([C@@H](CC#N)N2C(=O)c3cccc(NC4CCN(CC5CCN(CCN6CCN(c7ccc8c(C9CCC(=O)NC9=O)nn(C)c8c7)CC6)CC5)CC4)c3C2=O)ccc1OC. The molecule has 16 nitrogen and oxygen atoms in total. The number of amides is 4. The zero-order chi connectivity index (χ0) is 45.9. The Labute approximate surface area is 386 Å². The van der Waals surface area contributed by atoms with Crippen LogP contribution in [-0.2, 0) is 16.6 Å². The number of rotatable bonds is 15. The third kappa shape index (κ3) is 9.34. The van der Waals surface area contributed by atoms with E-state index in [4.69, 9.17) is 14.6 Å². The Kier molecular flexibility index (Phi) is 13.6. The van der Waals surface area contributed by atoms with Crippen molar-refractivity contribution < 1.29 is 28.7 Å². The Hall–Kier alpha value is -6.02. The van der Waals surface area contributed by atoms with Gasteiger partial charge >= 0.3 is 0 Å². The number of imide groups is 2. The highest BCUT2D eigenvalue weighted by atomic mass is 16.5. The van der Waals surface area contributed by atoms with Crippen molar-refractivity contribution in [3.8, 4) is 17.6 Å². The summed E-state index contributed by atoms with van der Waals surface area (Å²) in [6.45, 7) is 13.8. The molecule has 0 bridgehead atoms. The van der Waals surface area contributed by atoms with Gasteiger partial charge in [0.15, 0.2) is 11.5 Å². The molecule has 9 rings (SSSR count). The van der Waals surface area contributed by atoms with Crippen LogP contribution in [0.15, 0.2) is 54.6 Å². The number of fused-ring (bicyclic) bond motifs is 2. The summed E-state index contributed by atoms with van der Waals surface area (Å²) in [5.41, 5.74) is 4.98. The first-order chi connectivity index (χ1) is 32.1. The minimum atomic E-state index is -0.772. The van der Waals surface area contributed by atoms with Crippen molar-refractivity contribution in [2.24, 2.45) is 13.0 Å². The van der Waals surface area contributed by atoms with E-state index >= 15 is 0 Å². The van der Waals surface area contributed by atoms with Gasteiger partial charge in [-0.05, 0) is 106 Å². The largest absolute Gasteiger partial charge is 0.493 e. The Morgan fingerprint density at radius 3 is 2.30 bits per heavy atom. The number of nitrogens with one attached hydrogen (secondary N) is 2. The van der Waals surface area contributed by atoms with E-state index in [1.165, 1.54) is 23.4 Å². The van der Waals surface area contributed by atoms with E-state index < -0.39 is 17.9 Å². The molecule has 2 atom stereocenters. The molecule has 4 aromatic rings. The fraction of sp³-hybridized carbons (Fsp3) is 0.520. The number of aryl methyl sites for hydroxylation is 1. The van der Waals surface area contributed by atoms with Crippen molar-refractivity contribution in [3.05, 3.63) is 77.0 Å². The van der Waals surface area contributed by atoms with E-state index in [1.54, 1.807) is 31.4 Å². The average Bonchev–Trinajstić information content (AvgIpc) is 3.79. The van der Waals surface area contributed by atoms with Crippen LogP contribution in [0.25, 0.3) is 10.9 Å². The molecule has 0 aliphatic carbocycles. The van der Waals surface area contributed by atoms with Crippen LogP contribution < -0.4 is 25.0 Å². The van der Waals surface area contributed by atoms with Gasteiger partial charge in [-0.15, -0.1) is 0 Å². The predicted octanol–water partition coefficient (Wildman–Crippen LogP) is 5.16. The Balaban J connectivity index is 0.707. The average molecular weight is 899 g/mol. The van der Waals surface area contributed by atoms with E-state index in [-0.39, 0.29) is 30.2 Å². The van der Waals surface area contributed by atoms with Crippen molar-refractivity contribution in [3.63, 3.8) is 0 Å². The highest BCUT2D eigenvalue weighted by Crippen LogP contribution is 2.40. The number of hydrogen-bond donors (Lipinski definition) is 2. The summed E-state index contributed by atoms with van der Waals surface area (Å²) in [5.74, 6) is 0.0770. The zero-order valence-electron chi connectivity index (χ0n) is 38.5. The molecule has 6 heterocycles. The number of piperidine rings is 3. The number of carbonyl (C=O) groups excluding carboxylic acids is 4. The first-order valence-electron chi connectivity index (χ1n) is 23.8. The lowest BCUT2D eigenvalue weighted by molar-refractivity contribution is -0.134. The van der Waals surface area contributed by atoms with Gasteiger partial charge in [-0.3, -0.25) is 39.0 Å². The van der Waals surface area contributed by atoms with Gasteiger partial charge < -0.3 is 29.5 Å². The van der Waals surface area contributed by atoms with E-state index in [2.05, 4.69) is 54.5 Å². The molecule has 0 saturated carbocycles. The molecule has 1 unspecified atom stereocenters. The van der Waals surface area contributed by atoms with Gasteiger partial charge in [0.2, 0.25) is 11.8 Å². The van der Waals surface area contributed by atoms with Gasteiger partial charge in [0.1, 0.15) is 0 Å². The Bertz CT molecular complexity index is 2490. The molecule has 5 aliphatic rings. The topological polar surface area (TPSA) is 169 Å². The number of methoxy groups -OCH3 is 1.